The van der Waals surface area contributed by atoms with Gasteiger partial charge in [0.05, 0.1) is 27.7 Å². The molecule has 0 saturated carbocycles. The molecule has 96 valence electrons. The van der Waals surface area contributed by atoms with Crippen molar-refractivity contribution in [2.45, 2.75) is 26.9 Å². The van der Waals surface area contributed by atoms with Crippen LogP contribution >= 0.6 is 31.9 Å². The lowest BCUT2D eigenvalue weighted by Crippen LogP contribution is -2.01. The van der Waals surface area contributed by atoms with E-state index < -0.39 is 6.10 Å². The largest absolute Gasteiger partial charge is 0.389 e. The summed E-state index contributed by atoms with van der Waals surface area (Å²) in [4.78, 5) is 0. The fraction of sp³-hybridized carbons (Fsp3) is 0.308. The molecule has 2 aromatic rings. The number of benzene rings is 1. The van der Waals surface area contributed by atoms with Crippen molar-refractivity contribution in [3.05, 3.63) is 44.1 Å². The highest BCUT2D eigenvalue weighted by molar-refractivity contribution is 9.10. The Morgan fingerprint density at radius 1 is 1.28 bits per heavy atom. The number of aliphatic hydroxyl groups is 1. The number of rotatable bonds is 2. The fourth-order valence-corrected chi connectivity index (χ4v) is 2.81. The van der Waals surface area contributed by atoms with Crippen molar-refractivity contribution in [2.75, 3.05) is 0 Å². The Morgan fingerprint density at radius 2 is 1.94 bits per heavy atom. The van der Waals surface area contributed by atoms with Crippen LogP contribution in [0.15, 0.2) is 27.1 Å². The van der Waals surface area contributed by atoms with Gasteiger partial charge in [-0.25, -0.2) is 4.68 Å². The molecule has 0 radical (unpaired) electrons. The van der Waals surface area contributed by atoms with Crippen molar-refractivity contribution < 1.29 is 5.11 Å². The first-order chi connectivity index (χ1) is 8.41. The molecular weight excluding hydrogens is 360 g/mol. The second kappa shape index (κ2) is 5.15. The molecular formula is C13H14Br2N2O. The molecule has 0 aliphatic carbocycles. The quantitative estimate of drug-likeness (QED) is 0.861. The molecule has 0 saturated heterocycles. The smallest absolute Gasteiger partial charge is 0.0772 e. The summed E-state index contributed by atoms with van der Waals surface area (Å²) in [6.45, 7) is 5.73. The molecule has 0 spiro atoms. The van der Waals surface area contributed by atoms with E-state index in [0.717, 1.165) is 31.6 Å². The van der Waals surface area contributed by atoms with Gasteiger partial charge in [-0.05, 0) is 54.4 Å². The number of aryl methyl sites for hydroxylation is 1. The monoisotopic (exact) mass is 372 g/mol. The second-order valence-corrected chi connectivity index (χ2v) is 5.93. The van der Waals surface area contributed by atoms with Crippen molar-refractivity contribution in [1.82, 2.24) is 9.78 Å². The summed E-state index contributed by atoms with van der Waals surface area (Å²) in [7, 11) is 0. The zero-order valence-corrected chi connectivity index (χ0v) is 13.6. The van der Waals surface area contributed by atoms with E-state index in [4.69, 9.17) is 0 Å². The van der Waals surface area contributed by atoms with Crippen LogP contribution in [0.3, 0.4) is 0 Å². The van der Waals surface area contributed by atoms with Crippen molar-refractivity contribution in [2.24, 2.45) is 0 Å². The molecule has 1 unspecified atom stereocenters. The standard InChI is InChI=1S/C13H14Br2N2O/c1-7-13(15)8(2)17(16-7)10-4-5-11(9(3)18)12(14)6-10/h4-6,9,18H,1-3H3. The van der Waals surface area contributed by atoms with Gasteiger partial charge in [-0.3, -0.25) is 0 Å². The molecule has 0 amide bonds. The van der Waals surface area contributed by atoms with Crippen LogP contribution in [0.1, 0.15) is 30.0 Å². The van der Waals surface area contributed by atoms with Crippen molar-refractivity contribution in [3.63, 3.8) is 0 Å². The summed E-state index contributed by atoms with van der Waals surface area (Å²) in [5, 5.41) is 14.1. The lowest BCUT2D eigenvalue weighted by Gasteiger charge is -2.10. The van der Waals surface area contributed by atoms with E-state index in [1.54, 1.807) is 6.92 Å². The van der Waals surface area contributed by atoms with E-state index in [-0.39, 0.29) is 0 Å². The molecule has 1 heterocycles. The zero-order chi connectivity index (χ0) is 13.4. The Bertz CT molecular complexity index is 591. The first-order valence-corrected chi connectivity index (χ1v) is 7.20. The van der Waals surface area contributed by atoms with E-state index in [0.29, 0.717) is 0 Å². The van der Waals surface area contributed by atoms with Crippen LogP contribution in [0, 0.1) is 13.8 Å². The van der Waals surface area contributed by atoms with Gasteiger partial charge in [0.15, 0.2) is 0 Å². The summed E-state index contributed by atoms with van der Waals surface area (Å²) >= 11 is 7.00. The van der Waals surface area contributed by atoms with Crippen molar-refractivity contribution in [1.29, 1.82) is 0 Å². The first-order valence-electron chi connectivity index (χ1n) is 5.61. The topological polar surface area (TPSA) is 38.0 Å². The van der Waals surface area contributed by atoms with Crippen LogP contribution in [-0.2, 0) is 0 Å². The van der Waals surface area contributed by atoms with Crippen LogP contribution in [-0.4, -0.2) is 14.9 Å². The molecule has 0 bridgehead atoms. The highest BCUT2D eigenvalue weighted by Crippen LogP contribution is 2.28. The molecule has 18 heavy (non-hydrogen) atoms. The SMILES string of the molecule is Cc1nn(-c2ccc(C(C)O)c(Br)c2)c(C)c1Br. The summed E-state index contributed by atoms with van der Waals surface area (Å²) in [6.07, 6.45) is -0.486. The van der Waals surface area contributed by atoms with Gasteiger partial charge in [-0.15, -0.1) is 0 Å². The summed E-state index contributed by atoms with van der Waals surface area (Å²) in [6, 6.07) is 5.83. The molecule has 1 N–H and O–H groups in total. The molecule has 0 fully saturated rings. The molecule has 2 rings (SSSR count). The number of nitrogens with zero attached hydrogens (tertiary/aromatic N) is 2. The average molecular weight is 374 g/mol. The Hall–Kier alpha value is -0.650. The van der Waals surface area contributed by atoms with Gasteiger partial charge in [0.25, 0.3) is 0 Å². The number of hydrogen-bond donors (Lipinski definition) is 1. The Labute approximate surface area is 123 Å². The highest BCUT2D eigenvalue weighted by Gasteiger charge is 2.12. The van der Waals surface area contributed by atoms with Crippen molar-refractivity contribution in [3.8, 4) is 5.69 Å². The zero-order valence-electron chi connectivity index (χ0n) is 10.4. The molecule has 1 aromatic carbocycles. The van der Waals surface area contributed by atoms with Gasteiger partial charge in [-0.1, -0.05) is 22.0 Å². The van der Waals surface area contributed by atoms with Crippen LogP contribution in [0.2, 0.25) is 0 Å². The fourth-order valence-electron chi connectivity index (χ4n) is 1.86. The summed E-state index contributed by atoms with van der Waals surface area (Å²) in [5.41, 5.74) is 3.87. The minimum Gasteiger partial charge on any atom is -0.389 e. The third-order valence-electron chi connectivity index (χ3n) is 2.88. The summed E-state index contributed by atoms with van der Waals surface area (Å²) in [5.74, 6) is 0. The van der Waals surface area contributed by atoms with Crippen LogP contribution in [0.4, 0.5) is 0 Å². The Balaban J connectivity index is 2.52. The van der Waals surface area contributed by atoms with Gasteiger partial charge >= 0.3 is 0 Å². The van der Waals surface area contributed by atoms with Crippen molar-refractivity contribution >= 4 is 31.9 Å². The van der Waals surface area contributed by atoms with Gasteiger partial charge in [0, 0.05) is 4.47 Å². The van der Waals surface area contributed by atoms with Crippen LogP contribution in [0.25, 0.3) is 5.69 Å². The molecule has 0 aliphatic heterocycles. The normalized spacial score (nSPS) is 12.8. The van der Waals surface area contributed by atoms with Gasteiger partial charge in [-0.2, -0.15) is 5.10 Å². The van der Waals surface area contributed by atoms with Gasteiger partial charge in [0.1, 0.15) is 0 Å². The van der Waals surface area contributed by atoms with E-state index in [1.807, 2.05) is 36.7 Å². The molecule has 1 atom stereocenters. The highest BCUT2D eigenvalue weighted by atomic mass is 79.9. The minimum atomic E-state index is -0.486. The number of aliphatic hydroxyl groups excluding tert-OH is 1. The van der Waals surface area contributed by atoms with E-state index in [2.05, 4.69) is 37.0 Å². The lowest BCUT2D eigenvalue weighted by atomic mass is 10.1. The van der Waals surface area contributed by atoms with Crippen LogP contribution < -0.4 is 0 Å². The predicted octanol–water partition coefficient (Wildman–Crippen LogP) is 4.07. The average Bonchev–Trinajstić information content (AvgIpc) is 2.56. The predicted molar refractivity (Wildman–Crippen MR) is 79.1 cm³/mol. The maximum Gasteiger partial charge on any atom is 0.0772 e. The van der Waals surface area contributed by atoms with Gasteiger partial charge in [0.2, 0.25) is 0 Å². The van der Waals surface area contributed by atoms with E-state index in [9.17, 15) is 5.11 Å². The maximum absolute atomic E-state index is 9.61. The Kier molecular flexibility index (Phi) is 3.94. The molecule has 1 aromatic heterocycles. The first kappa shape index (κ1) is 13.8. The minimum absolute atomic E-state index is 0.486. The molecule has 5 heteroatoms. The maximum atomic E-state index is 9.61. The third kappa shape index (κ3) is 2.39. The third-order valence-corrected chi connectivity index (χ3v) is 4.72. The number of hydrogen-bond acceptors (Lipinski definition) is 2. The summed E-state index contributed by atoms with van der Waals surface area (Å²) < 4.78 is 3.80. The second-order valence-electron chi connectivity index (χ2n) is 4.28. The molecule has 3 nitrogen and oxygen atoms in total. The van der Waals surface area contributed by atoms with E-state index >= 15 is 0 Å². The van der Waals surface area contributed by atoms with Crippen LogP contribution in [0.5, 0.6) is 0 Å². The van der Waals surface area contributed by atoms with Gasteiger partial charge < -0.3 is 5.11 Å². The molecule has 0 aliphatic rings. The van der Waals surface area contributed by atoms with E-state index in [1.165, 1.54) is 0 Å². The number of aromatic nitrogens is 2. The lowest BCUT2D eigenvalue weighted by molar-refractivity contribution is 0.198. The number of halogens is 2. The Morgan fingerprint density at radius 3 is 2.39 bits per heavy atom.